The third-order valence-corrected chi connectivity index (χ3v) is 6.60. The molecule has 10 nitrogen and oxygen atoms in total. The summed E-state index contributed by atoms with van der Waals surface area (Å²) in [4.78, 5) is 18.7. The van der Waals surface area contributed by atoms with Crippen LogP contribution < -0.4 is 25.0 Å². The maximum Gasteiger partial charge on any atom is 0.339 e. The van der Waals surface area contributed by atoms with E-state index in [1.165, 1.54) is 42.6 Å². The van der Waals surface area contributed by atoms with Crippen LogP contribution >= 0.6 is 0 Å². The number of urea groups is 1. The van der Waals surface area contributed by atoms with Crippen LogP contribution in [-0.2, 0) is 4.74 Å². The van der Waals surface area contributed by atoms with Gasteiger partial charge in [-0.3, -0.25) is 9.88 Å². The van der Waals surface area contributed by atoms with E-state index in [2.05, 4.69) is 25.7 Å². The number of methoxy groups -OCH3 is 1. The molecule has 2 amide bonds. The van der Waals surface area contributed by atoms with Crippen molar-refractivity contribution in [3.63, 3.8) is 0 Å². The number of halogens is 2. The Morgan fingerprint density at radius 2 is 1.91 bits per heavy atom. The Hall–Kier alpha value is -4.81. The van der Waals surface area contributed by atoms with E-state index in [0.717, 1.165) is 39.3 Å². The standard InChI is InChI=1S/C31H31F2N5O5/c1-40-29-18-24-26(19-30(29)42-13-3-10-38-11-14-41-15-12-38)34-9-8-27(24)43-28-7-6-21(16-25(28)33)20-35-37-31(39)36-23-5-2-4-22(32)17-23/h2,4-9,16-20H,3,10-15H2,1H3,(H2,36,37,39)/b35-20+. The van der Waals surface area contributed by atoms with Gasteiger partial charge < -0.3 is 24.3 Å². The zero-order valence-electron chi connectivity index (χ0n) is 23.5. The smallest absolute Gasteiger partial charge is 0.339 e. The molecule has 1 aliphatic rings. The van der Waals surface area contributed by atoms with Crippen molar-refractivity contribution < 1.29 is 32.5 Å². The molecule has 0 saturated carbocycles. The Bertz CT molecular complexity index is 1600. The Kier molecular flexibility index (Phi) is 9.93. The first-order chi connectivity index (χ1) is 21.0. The average molecular weight is 592 g/mol. The van der Waals surface area contributed by atoms with E-state index >= 15 is 0 Å². The lowest BCUT2D eigenvalue weighted by Gasteiger charge is -2.26. The number of fused-ring (bicyclic) bond motifs is 1. The molecule has 43 heavy (non-hydrogen) atoms. The second-order valence-corrected chi connectivity index (χ2v) is 9.61. The highest BCUT2D eigenvalue weighted by molar-refractivity contribution is 5.90. The molecule has 1 aliphatic heterocycles. The molecule has 0 bridgehead atoms. The van der Waals surface area contributed by atoms with E-state index in [1.54, 1.807) is 37.6 Å². The van der Waals surface area contributed by atoms with Crippen LogP contribution in [-0.4, -0.2) is 68.7 Å². The van der Waals surface area contributed by atoms with Gasteiger partial charge in [-0.15, -0.1) is 0 Å². The molecule has 5 rings (SSSR count). The molecule has 0 spiro atoms. The lowest BCUT2D eigenvalue weighted by Crippen LogP contribution is -2.37. The normalized spacial score (nSPS) is 13.7. The number of pyridine rings is 1. The van der Waals surface area contributed by atoms with Gasteiger partial charge in [-0.25, -0.2) is 19.0 Å². The maximum absolute atomic E-state index is 15.0. The van der Waals surface area contributed by atoms with Crippen molar-refractivity contribution in [1.29, 1.82) is 0 Å². The molecule has 1 aromatic heterocycles. The molecule has 2 N–H and O–H groups in total. The van der Waals surface area contributed by atoms with E-state index in [4.69, 9.17) is 18.9 Å². The minimum Gasteiger partial charge on any atom is -0.493 e. The molecule has 12 heteroatoms. The van der Waals surface area contributed by atoms with E-state index in [0.29, 0.717) is 40.3 Å². The first-order valence-electron chi connectivity index (χ1n) is 13.7. The van der Waals surface area contributed by atoms with Crippen LogP contribution in [0.3, 0.4) is 0 Å². The predicted octanol–water partition coefficient (Wildman–Crippen LogP) is 5.57. The third-order valence-electron chi connectivity index (χ3n) is 6.60. The molecule has 1 saturated heterocycles. The number of hydrogen-bond acceptors (Lipinski definition) is 8. The van der Waals surface area contributed by atoms with Gasteiger partial charge in [-0.05, 0) is 60.5 Å². The molecule has 3 aromatic carbocycles. The maximum atomic E-state index is 15.0. The summed E-state index contributed by atoms with van der Waals surface area (Å²) in [6.45, 7) is 4.82. The van der Waals surface area contributed by atoms with Crippen molar-refractivity contribution in [2.75, 3.05) is 51.9 Å². The third kappa shape index (κ3) is 8.15. The highest BCUT2D eigenvalue weighted by Crippen LogP contribution is 2.37. The van der Waals surface area contributed by atoms with Gasteiger partial charge in [0.05, 0.1) is 38.7 Å². The number of morpholine rings is 1. The van der Waals surface area contributed by atoms with E-state index < -0.39 is 17.7 Å². The van der Waals surface area contributed by atoms with Crippen molar-refractivity contribution in [3.05, 3.63) is 84.1 Å². The Labute approximate surface area is 247 Å². The van der Waals surface area contributed by atoms with Gasteiger partial charge in [0.25, 0.3) is 0 Å². The molecule has 0 atom stereocenters. The van der Waals surface area contributed by atoms with Gasteiger partial charge in [-0.2, -0.15) is 5.10 Å². The molecular formula is C31H31F2N5O5. The molecule has 2 heterocycles. The number of carbonyl (C=O) groups excluding carboxylic acids is 1. The number of aromatic nitrogens is 1. The second kappa shape index (κ2) is 14.4. The number of ether oxygens (including phenoxy) is 4. The number of hydrazone groups is 1. The molecule has 224 valence electrons. The highest BCUT2D eigenvalue weighted by atomic mass is 19.1. The summed E-state index contributed by atoms with van der Waals surface area (Å²) in [5.41, 5.74) is 3.50. The molecule has 1 fully saturated rings. The van der Waals surface area contributed by atoms with Crippen LogP contribution in [0.15, 0.2) is 72.0 Å². The average Bonchev–Trinajstić information content (AvgIpc) is 3.01. The number of nitrogens with one attached hydrogen (secondary N) is 2. The zero-order chi connectivity index (χ0) is 30.0. The molecule has 0 unspecified atom stereocenters. The summed E-state index contributed by atoms with van der Waals surface area (Å²) in [5, 5.41) is 6.87. The van der Waals surface area contributed by atoms with Gasteiger partial charge in [-0.1, -0.05) is 6.07 Å². The van der Waals surface area contributed by atoms with Crippen molar-refractivity contribution in [1.82, 2.24) is 15.3 Å². The summed E-state index contributed by atoms with van der Waals surface area (Å²) in [6, 6.07) is 14.2. The van der Waals surface area contributed by atoms with Crippen molar-refractivity contribution >= 4 is 28.8 Å². The Balaban J connectivity index is 1.21. The monoisotopic (exact) mass is 591 g/mol. The van der Waals surface area contributed by atoms with E-state index in [1.807, 2.05) is 0 Å². The lowest BCUT2D eigenvalue weighted by molar-refractivity contribution is 0.0357. The SMILES string of the molecule is COc1cc2c(Oc3ccc(/C=N/NC(=O)Nc4cccc(F)c4)cc3F)ccnc2cc1OCCCN1CCOCC1. The summed E-state index contributed by atoms with van der Waals surface area (Å²) in [5.74, 6) is 0.335. The fourth-order valence-electron chi connectivity index (χ4n) is 4.47. The molecule has 0 radical (unpaired) electrons. The van der Waals surface area contributed by atoms with Gasteiger partial charge in [0.1, 0.15) is 11.6 Å². The second-order valence-electron chi connectivity index (χ2n) is 9.61. The fraction of sp³-hybridized carbons (Fsp3) is 0.258. The number of hydrogen-bond donors (Lipinski definition) is 2. The van der Waals surface area contributed by atoms with Crippen LogP contribution in [0.2, 0.25) is 0 Å². The Morgan fingerprint density at radius 3 is 2.70 bits per heavy atom. The van der Waals surface area contributed by atoms with Crippen LogP contribution in [0.1, 0.15) is 12.0 Å². The van der Waals surface area contributed by atoms with Crippen molar-refractivity contribution in [3.8, 4) is 23.0 Å². The largest absolute Gasteiger partial charge is 0.493 e. The zero-order valence-corrected chi connectivity index (χ0v) is 23.5. The summed E-state index contributed by atoms with van der Waals surface area (Å²) in [7, 11) is 1.55. The molecule has 4 aromatic rings. The van der Waals surface area contributed by atoms with Crippen LogP contribution in [0.5, 0.6) is 23.0 Å². The van der Waals surface area contributed by atoms with Crippen LogP contribution in [0.25, 0.3) is 10.9 Å². The van der Waals surface area contributed by atoms with Crippen LogP contribution in [0.4, 0.5) is 19.3 Å². The van der Waals surface area contributed by atoms with Gasteiger partial charge in [0.15, 0.2) is 23.1 Å². The lowest BCUT2D eigenvalue weighted by atomic mass is 10.1. The predicted molar refractivity (Wildman–Crippen MR) is 158 cm³/mol. The minimum absolute atomic E-state index is 0.0103. The highest BCUT2D eigenvalue weighted by Gasteiger charge is 2.15. The minimum atomic E-state index is -0.677. The Morgan fingerprint density at radius 1 is 1.05 bits per heavy atom. The van der Waals surface area contributed by atoms with Gasteiger partial charge in [0, 0.05) is 43.0 Å². The number of rotatable bonds is 11. The van der Waals surface area contributed by atoms with Crippen molar-refractivity contribution in [2.45, 2.75) is 6.42 Å². The fourth-order valence-corrected chi connectivity index (χ4v) is 4.47. The van der Waals surface area contributed by atoms with Crippen molar-refractivity contribution in [2.24, 2.45) is 5.10 Å². The quantitative estimate of drug-likeness (QED) is 0.133. The summed E-state index contributed by atoms with van der Waals surface area (Å²) in [6.07, 6.45) is 3.70. The molecular weight excluding hydrogens is 560 g/mol. The molecule has 0 aliphatic carbocycles. The number of nitrogens with zero attached hydrogens (tertiary/aromatic N) is 3. The number of carbonyl (C=O) groups is 1. The van der Waals surface area contributed by atoms with Crippen LogP contribution in [0, 0.1) is 11.6 Å². The first kappa shape index (κ1) is 29.7. The van der Waals surface area contributed by atoms with E-state index in [9.17, 15) is 13.6 Å². The first-order valence-corrected chi connectivity index (χ1v) is 13.7. The number of anilines is 1. The summed E-state index contributed by atoms with van der Waals surface area (Å²) < 4.78 is 51.1. The van der Waals surface area contributed by atoms with Gasteiger partial charge in [0.2, 0.25) is 0 Å². The summed E-state index contributed by atoms with van der Waals surface area (Å²) >= 11 is 0. The number of amides is 2. The van der Waals surface area contributed by atoms with Gasteiger partial charge >= 0.3 is 6.03 Å². The topological polar surface area (TPSA) is 107 Å². The number of benzene rings is 3. The van der Waals surface area contributed by atoms with E-state index in [-0.39, 0.29) is 11.4 Å².